The van der Waals surface area contributed by atoms with Gasteiger partial charge in [-0.05, 0) is 6.42 Å². The number of hydrogen-bond donors (Lipinski definition) is 1. The number of rotatable bonds is 14. The Kier molecular flexibility index (Phi) is 12.5. The molecule has 0 saturated heterocycles. The van der Waals surface area contributed by atoms with Gasteiger partial charge in [-0.3, -0.25) is 4.79 Å². The first-order valence-electron chi connectivity index (χ1n) is 7.85. The summed E-state index contributed by atoms with van der Waals surface area (Å²) in [7, 11) is 0. The number of esters is 3. The largest absolute Gasteiger partial charge is 0.465 e. The molecule has 0 unspecified atom stereocenters. The van der Waals surface area contributed by atoms with Crippen molar-refractivity contribution in [2.24, 2.45) is 5.41 Å². The smallest absolute Gasteiger partial charge is 0.330 e. The van der Waals surface area contributed by atoms with E-state index in [9.17, 15) is 14.4 Å². The number of hydrogen-bond acceptors (Lipinski definition) is 8. The van der Waals surface area contributed by atoms with Gasteiger partial charge >= 0.3 is 17.9 Å². The Hall–Kier alpha value is -1.80. The lowest BCUT2D eigenvalue weighted by atomic mass is 9.88. The summed E-state index contributed by atoms with van der Waals surface area (Å²) < 4.78 is 15.4. The molecular weight excluding hydrogens is 348 g/mol. The first-order chi connectivity index (χ1) is 11.9. The molecule has 0 fully saturated rings. The second-order valence-corrected chi connectivity index (χ2v) is 6.45. The van der Waals surface area contributed by atoms with Crippen molar-refractivity contribution in [3.8, 4) is 0 Å². The highest BCUT2D eigenvalue weighted by Crippen LogP contribution is 2.24. The molecule has 0 aliphatic rings. The zero-order valence-electron chi connectivity index (χ0n) is 14.5. The molecule has 0 aromatic rings. The molecule has 7 nitrogen and oxygen atoms in total. The number of ether oxygens (including phenoxy) is 3. The monoisotopic (exact) mass is 374 g/mol. The molecule has 142 valence electrons. The summed E-state index contributed by atoms with van der Waals surface area (Å²) in [5.74, 6) is -0.538. The molecule has 0 heterocycles. The SMILES string of the molecule is C=CC(=O)OCC(CC)(COC(=O)C=C)COC(=O)CCSCCO. The van der Waals surface area contributed by atoms with Crippen molar-refractivity contribution in [1.82, 2.24) is 0 Å². The average Bonchev–Trinajstić information content (AvgIpc) is 2.64. The van der Waals surface area contributed by atoms with Gasteiger partial charge in [0, 0.05) is 23.7 Å². The minimum atomic E-state index is -0.842. The van der Waals surface area contributed by atoms with Crippen LogP contribution in [0.2, 0.25) is 0 Å². The summed E-state index contributed by atoms with van der Waals surface area (Å²) in [6, 6.07) is 0. The van der Waals surface area contributed by atoms with Crippen LogP contribution in [0.1, 0.15) is 19.8 Å². The second-order valence-electron chi connectivity index (χ2n) is 5.22. The van der Waals surface area contributed by atoms with Crippen molar-refractivity contribution in [3.63, 3.8) is 0 Å². The van der Waals surface area contributed by atoms with E-state index in [0.29, 0.717) is 17.9 Å². The van der Waals surface area contributed by atoms with Crippen molar-refractivity contribution >= 4 is 29.7 Å². The molecule has 0 amide bonds. The Morgan fingerprint density at radius 1 is 1.00 bits per heavy atom. The van der Waals surface area contributed by atoms with Gasteiger partial charge in [0.15, 0.2) is 0 Å². The number of aliphatic hydroxyl groups excluding tert-OH is 1. The predicted octanol–water partition coefficient (Wildman–Crippen LogP) is 1.50. The highest BCUT2D eigenvalue weighted by atomic mass is 32.2. The van der Waals surface area contributed by atoms with E-state index < -0.39 is 23.3 Å². The summed E-state index contributed by atoms with van der Waals surface area (Å²) >= 11 is 1.44. The molecule has 0 saturated carbocycles. The molecule has 1 N–H and O–H groups in total. The maximum absolute atomic E-state index is 11.8. The fraction of sp³-hybridized carbons (Fsp3) is 0.588. The first kappa shape index (κ1) is 23.2. The van der Waals surface area contributed by atoms with Gasteiger partial charge in [-0.15, -0.1) is 0 Å². The van der Waals surface area contributed by atoms with Crippen LogP contribution in [0.25, 0.3) is 0 Å². The van der Waals surface area contributed by atoms with E-state index in [1.165, 1.54) is 11.8 Å². The Morgan fingerprint density at radius 3 is 1.96 bits per heavy atom. The van der Waals surface area contributed by atoms with Crippen LogP contribution in [0, 0.1) is 5.41 Å². The molecule has 0 rings (SSSR count). The molecule has 8 heteroatoms. The maximum Gasteiger partial charge on any atom is 0.330 e. The number of carbonyl (C=O) groups excluding carboxylic acids is 3. The summed E-state index contributed by atoms with van der Waals surface area (Å²) in [6.07, 6.45) is 2.71. The Labute approximate surface area is 152 Å². The van der Waals surface area contributed by atoms with Crippen molar-refractivity contribution in [3.05, 3.63) is 25.3 Å². The molecule has 0 aliphatic heterocycles. The van der Waals surface area contributed by atoms with E-state index in [2.05, 4.69) is 13.2 Å². The standard InChI is InChI=1S/C17H26O7S/c1-4-14(19)22-11-17(6-3,12-23-15(20)5-2)13-24-16(21)7-9-25-10-8-18/h4-5,18H,1-2,6-13H2,3H3. The molecular formula is C17H26O7S. The highest BCUT2D eigenvalue weighted by Gasteiger charge is 2.33. The third-order valence-electron chi connectivity index (χ3n) is 3.35. The van der Waals surface area contributed by atoms with Crippen LogP contribution in [0.4, 0.5) is 0 Å². The lowest BCUT2D eigenvalue weighted by Crippen LogP contribution is -2.38. The summed E-state index contributed by atoms with van der Waals surface area (Å²) in [4.78, 5) is 34.4. The quantitative estimate of drug-likeness (QED) is 0.211. The van der Waals surface area contributed by atoms with Crippen molar-refractivity contribution in [2.45, 2.75) is 19.8 Å². The number of thioether (sulfide) groups is 1. The van der Waals surface area contributed by atoms with Gasteiger partial charge in [-0.2, -0.15) is 11.8 Å². The maximum atomic E-state index is 11.8. The molecule has 0 aromatic heterocycles. The minimum absolute atomic E-state index is 0.0537. The average molecular weight is 374 g/mol. The van der Waals surface area contributed by atoms with Crippen LogP contribution in [-0.4, -0.2) is 60.9 Å². The van der Waals surface area contributed by atoms with Gasteiger partial charge in [-0.25, -0.2) is 9.59 Å². The van der Waals surface area contributed by atoms with Crippen LogP contribution in [0.5, 0.6) is 0 Å². The molecule has 0 radical (unpaired) electrons. The van der Waals surface area contributed by atoms with E-state index in [-0.39, 0.29) is 32.8 Å². The molecule has 0 aromatic carbocycles. The predicted molar refractivity (Wildman–Crippen MR) is 95.0 cm³/mol. The van der Waals surface area contributed by atoms with Crippen LogP contribution in [-0.2, 0) is 28.6 Å². The van der Waals surface area contributed by atoms with E-state index >= 15 is 0 Å². The normalized spacial score (nSPS) is 10.6. The topological polar surface area (TPSA) is 99.1 Å². The summed E-state index contributed by atoms with van der Waals surface area (Å²) in [6.45, 7) is 8.30. The fourth-order valence-corrected chi connectivity index (χ4v) is 2.27. The van der Waals surface area contributed by atoms with Crippen molar-refractivity contribution in [1.29, 1.82) is 0 Å². The van der Waals surface area contributed by atoms with Crippen LogP contribution in [0.15, 0.2) is 25.3 Å². The third kappa shape index (κ3) is 10.6. The van der Waals surface area contributed by atoms with Crippen molar-refractivity contribution < 1.29 is 33.7 Å². The highest BCUT2D eigenvalue weighted by molar-refractivity contribution is 7.99. The Balaban J connectivity index is 4.69. The summed E-state index contributed by atoms with van der Waals surface area (Å²) in [5, 5.41) is 8.69. The van der Waals surface area contributed by atoms with E-state index in [4.69, 9.17) is 19.3 Å². The number of carbonyl (C=O) groups is 3. The van der Waals surface area contributed by atoms with Gasteiger partial charge in [0.05, 0.1) is 18.4 Å². The zero-order valence-corrected chi connectivity index (χ0v) is 15.3. The van der Waals surface area contributed by atoms with Gasteiger partial charge in [0.2, 0.25) is 0 Å². The van der Waals surface area contributed by atoms with Gasteiger partial charge in [-0.1, -0.05) is 20.1 Å². The van der Waals surface area contributed by atoms with Gasteiger partial charge in [0.25, 0.3) is 0 Å². The molecule has 0 atom stereocenters. The molecule has 0 spiro atoms. The Bertz CT molecular complexity index is 438. The minimum Gasteiger partial charge on any atom is -0.465 e. The van der Waals surface area contributed by atoms with E-state index in [0.717, 1.165) is 12.2 Å². The third-order valence-corrected chi connectivity index (χ3v) is 4.31. The van der Waals surface area contributed by atoms with Crippen LogP contribution in [0.3, 0.4) is 0 Å². The lowest BCUT2D eigenvalue weighted by Gasteiger charge is -2.30. The van der Waals surface area contributed by atoms with Crippen LogP contribution < -0.4 is 0 Å². The second kappa shape index (κ2) is 13.5. The molecule has 0 bridgehead atoms. The Morgan fingerprint density at radius 2 is 1.52 bits per heavy atom. The van der Waals surface area contributed by atoms with Gasteiger partial charge in [0.1, 0.15) is 19.8 Å². The lowest BCUT2D eigenvalue weighted by molar-refractivity contribution is -0.158. The molecule has 0 aliphatic carbocycles. The van der Waals surface area contributed by atoms with Gasteiger partial charge < -0.3 is 19.3 Å². The fourth-order valence-electron chi connectivity index (χ4n) is 1.63. The van der Waals surface area contributed by atoms with E-state index in [1.54, 1.807) is 0 Å². The summed E-state index contributed by atoms with van der Waals surface area (Å²) in [5.41, 5.74) is -0.842. The first-order valence-corrected chi connectivity index (χ1v) is 9.01. The zero-order chi connectivity index (χ0) is 19.1. The van der Waals surface area contributed by atoms with Crippen molar-refractivity contribution in [2.75, 3.05) is 37.9 Å². The molecule has 25 heavy (non-hydrogen) atoms. The van der Waals surface area contributed by atoms with Crippen LogP contribution >= 0.6 is 11.8 Å². The van der Waals surface area contributed by atoms with E-state index in [1.807, 2.05) is 6.92 Å². The number of aliphatic hydroxyl groups is 1.